The highest BCUT2D eigenvalue weighted by atomic mass is 16.5. The van der Waals surface area contributed by atoms with Gasteiger partial charge in [-0.15, -0.1) is 5.10 Å². The summed E-state index contributed by atoms with van der Waals surface area (Å²) in [7, 11) is 0. The van der Waals surface area contributed by atoms with Crippen LogP contribution in [-0.4, -0.2) is 22.7 Å². The number of fused-ring (bicyclic) bond motifs is 1. The topological polar surface area (TPSA) is 90.4 Å². The van der Waals surface area contributed by atoms with Crippen LogP contribution in [0.2, 0.25) is 0 Å². The molecule has 148 valence electrons. The average Bonchev–Trinajstić information content (AvgIpc) is 3.32. The number of amides is 1. The SMILES string of the molecule is CCOc1cccc2cc(-c3nnc(NC(=O)Cc4cc(C)ccc4C)o3)oc12. The molecule has 7 nitrogen and oxygen atoms in total. The summed E-state index contributed by atoms with van der Waals surface area (Å²) in [5.41, 5.74) is 3.74. The van der Waals surface area contributed by atoms with Gasteiger partial charge in [0.2, 0.25) is 5.91 Å². The first-order chi connectivity index (χ1) is 14.0. The third-order valence-electron chi connectivity index (χ3n) is 4.55. The van der Waals surface area contributed by atoms with Gasteiger partial charge in [-0.05, 0) is 44.0 Å². The van der Waals surface area contributed by atoms with Crippen molar-refractivity contribution in [3.05, 3.63) is 59.2 Å². The highest BCUT2D eigenvalue weighted by Crippen LogP contribution is 2.33. The largest absolute Gasteiger partial charge is 0.490 e. The Morgan fingerprint density at radius 2 is 1.97 bits per heavy atom. The van der Waals surface area contributed by atoms with Gasteiger partial charge in [0.1, 0.15) is 0 Å². The van der Waals surface area contributed by atoms with Crippen molar-refractivity contribution < 1.29 is 18.4 Å². The lowest BCUT2D eigenvalue weighted by Crippen LogP contribution is -2.15. The molecule has 0 atom stereocenters. The van der Waals surface area contributed by atoms with Crippen LogP contribution >= 0.6 is 0 Å². The van der Waals surface area contributed by atoms with Gasteiger partial charge in [-0.3, -0.25) is 10.1 Å². The summed E-state index contributed by atoms with van der Waals surface area (Å²) in [6.07, 6.45) is 0.230. The van der Waals surface area contributed by atoms with Crippen molar-refractivity contribution >= 4 is 22.9 Å². The van der Waals surface area contributed by atoms with Crippen LogP contribution in [0.1, 0.15) is 23.6 Å². The Labute approximate surface area is 167 Å². The summed E-state index contributed by atoms with van der Waals surface area (Å²) in [5, 5.41) is 11.4. The van der Waals surface area contributed by atoms with E-state index in [0.717, 1.165) is 22.1 Å². The minimum Gasteiger partial charge on any atom is -0.490 e. The average molecular weight is 391 g/mol. The molecule has 2 aromatic heterocycles. The third-order valence-corrected chi connectivity index (χ3v) is 4.55. The number of aryl methyl sites for hydroxylation is 2. The van der Waals surface area contributed by atoms with Gasteiger partial charge >= 0.3 is 6.01 Å². The highest BCUT2D eigenvalue weighted by molar-refractivity contribution is 5.90. The number of hydrogen-bond acceptors (Lipinski definition) is 6. The Balaban J connectivity index is 1.51. The molecule has 0 unspecified atom stereocenters. The van der Waals surface area contributed by atoms with Crippen LogP contribution in [0.5, 0.6) is 5.75 Å². The summed E-state index contributed by atoms with van der Waals surface area (Å²) in [6, 6.07) is 13.5. The van der Waals surface area contributed by atoms with Crippen LogP contribution in [0.3, 0.4) is 0 Å². The Morgan fingerprint density at radius 3 is 2.79 bits per heavy atom. The summed E-state index contributed by atoms with van der Waals surface area (Å²) in [4.78, 5) is 12.4. The number of hydrogen-bond donors (Lipinski definition) is 1. The smallest absolute Gasteiger partial charge is 0.322 e. The molecule has 1 amide bonds. The summed E-state index contributed by atoms with van der Waals surface area (Å²) >= 11 is 0. The zero-order chi connectivity index (χ0) is 20.4. The maximum absolute atomic E-state index is 12.4. The molecule has 2 heterocycles. The predicted octanol–water partition coefficient (Wildman–Crippen LogP) is 4.68. The zero-order valence-electron chi connectivity index (χ0n) is 16.5. The van der Waals surface area contributed by atoms with Gasteiger partial charge in [0, 0.05) is 5.39 Å². The third kappa shape index (κ3) is 3.99. The monoisotopic (exact) mass is 391 g/mol. The maximum atomic E-state index is 12.4. The van der Waals surface area contributed by atoms with Gasteiger partial charge in [-0.2, -0.15) is 0 Å². The second-order valence-corrected chi connectivity index (χ2v) is 6.79. The van der Waals surface area contributed by atoms with E-state index in [2.05, 4.69) is 15.5 Å². The molecular weight excluding hydrogens is 370 g/mol. The predicted molar refractivity (Wildman–Crippen MR) is 109 cm³/mol. The van der Waals surface area contributed by atoms with Crippen molar-refractivity contribution in [2.75, 3.05) is 11.9 Å². The van der Waals surface area contributed by atoms with Gasteiger partial charge in [-0.1, -0.05) is 41.0 Å². The van der Waals surface area contributed by atoms with Crippen LogP contribution in [0, 0.1) is 13.8 Å². The number of aromatic nitrogens is 2. The molecule has 0 aliphatic rings. The number of carbonyl (C=O) groups excluding carboxylic acids is 1. The molecule has 0 aliphatic heterocycles. The first-order valence-corrected chi connectivity index (χ1v) is 9.38. The molecule has 0 spiro atoms. The number of nitrogens with zero attached hydrogens (tertiary/aromatic N) is 2. The fourth-order valence-corrected chi connectivity index (χ4v) is 3.11. The van der Waals surface area contributed by atoms with Crippen LogP contribution in [-0.2, 0) is 11.2 Å². The molecule has 0 bridgehead atoms. The zero-order valence-corrected chi connectivity index (χ0v) is 16.5. The summed E-state index contributed by atoms with van der Waals surface area (Å²) in [6.45, 7) is 6.42. The Bertz CT molecular complexity index is 1180. The Hall–Kier alpha value is -3.61. The van der Waals surface area contributed by atoms with E-state index in [1.807, 2.05) is 57.2 Å². The summed E-state index contributed by atoms with van der Waals surface area (Å²) in [5.74, 6) is 1.02. The quantitative estimate of drug-likeness (QED) is 0.513. The summed E-state index contributed by atoms with van der Waals surface area (Å²) < 4.78 is 17.0. The van der Waals surface area contributed by atoms with Crippen molar-refractivity contribution in [2.45, 2.75) is 27.2 Å². The molecular formula is C22H21N3O4. The number of benzene rings is 2. The molecule has 0 saturated carbocycles. The molecule has 4 aromatic rings. The maximum Gasteiger partial charge on any atom is 0.322 e. The molecule has 0 radical (unpaired) electrons. The van der Waals surface area contributed by atoms with E-state index < -0.39 is 0 Å². The van der Waals surface area contributed by atoms with E-state index in [9.17, 15) is 4.79 Å². The van der Waals surface area contributed by atoms with Gasteiger partial charge in [-0.25, -0.2) is 0 Å². The first-order valence-electron chi connectivity index (χ1n) is 9.38. The molecule has 2 aromatic carbocycles. The van der Waals surface area contributed by atoms with Gasteiger partial charge < -0.3 is 13.6 Å². The van der Waals surface area contributed by atoms with E-state index in [1.54, 1.807) is 6.07 Å². The molecule has 0 saturated heterocycles. The number of carbonyl (C=O) groups is 1. The molecule has 29 heavy (non-hydrogen) atoms. The number of furan rings is 1. The second kappa shape index (κ2) is 7.79. The van der Waals surface area contributed by atoms with Gasteiger partial charge in [0.15, 0.2) is 17.1 Å². The number of ether oxygens (including phenoxy) is 1. The Kier molecular flexibility index (Phi) is 5.03. The van der Waals surface area contributed by atoms with E-state index >= 15 is 0 Å². The van der Waals surface area contributed by atoms with Crippen LogP contribution in [0.15, 0.2) is 51.3 Å². The Morgan fingerprint density at radius 1 is 1.10 bits per heavy atom. The van der Waals surface area contributed by atoms with Crippen molar-refractivity contribution in [1.29, 1.82) is 0 Å². The van der Waals surface area contributed by atoms with Crippen molar-refractivity contribution in [3.8, 4) is 17.4 Å². The lowest BCUT2D eigenvalue weighted by molar-refractivity contribution is -0.115. The fraction of sp³-hybridized carbons (Fsp3) is 0.227. The number of anilines is 1. The van der Waals surface area contributed by atoms with E-state index in [0.29, 0.717) is 23.7 Å². The fourth-order valence-electron chi connectivity index (χ4n) is 3.11. The van der Waals surface area contributed by atoms with Crippen LogP contribution in [0.25, 0.3) is 22.6 Å². The van der Waals surface area contributed by atoms with Crippen LogP contribution in [0.4, 0.5) is 6.01 Å². The van der Waals surface area contributed by atoms with Crippen molar-refractivity contribution in [1.82, 2.24) is 10.2 Å². The second-order valence-electron chi connectivity index (χ2n) is 6.79. The molecule has 1 N–H and O–H groups in total. The van der Waals surface area contributed by atoms with E-state index in [1.165, 1.54) is 0 Å². The minimum absolute atomic E-state index is 0.0285. The first kappa shape index (κ1) is 18.7. The number of rotatable bonds is 6. The standard InChI is InChI=1S/C22H21N3O4/c1-4-27-17-7-5-6-15-11-18(28-20(15)17)21-24-25-22(29-21)23-19(26)12-16-10-13(2)8-9-14(16)3/h5-11H,4,12H2,1-3H3,(H,23,25,26). The van der Waals surface area contributed by atoms with Gasteiger partial charge in [0.25, 0.3) is 5.89 Å². The van der Waals surface area contributed by atoms with Gasteiger partial charge in [0.05, 0.1) is 13.0 Å². The number of para-hydroxylation sites is 1. The highest BCUT2D eigenvalue weighted by Gasteiger charge is 2.17. The van der Waals surface area contributed by atoms with E-state index in [-0.39, 0.29) is 24.2 Å². The van der Waals surface area contributed by atoms with Crippen molar-refractivity contribution in [3.63, 3.8) is 0 Å². The normalized spacial score (nSPS) is 11.0. The van der Waals surface area contributed by atoms with Crippen molar-refractivity contribution in [2.24, 2.45) is 0 Å². The van der Waals surface area contributed by atoms with E-state index in [4.69, 9.17) is 13.6 Å². The number of nitrogens with one attached hydrogen (secondary N) is 1. The lowest BCUT2D eigenvalue weighted by atomic mass is 10.0. The molecule has 4 rings (SSSR count). The minimum atomic E-state index is -0.225. The lowest BCUT2D eigenvalue weighted by Gasteiger charge is -2.06. The molecule has 0 fully saturated rings. The molecule has 0 aliphatic carbocycles. The molecule has 7 heteroatoms. The van der Waals surface area contributed by atoms with Crippen LogP contribution < -0.4 is 10.1 Å².